The van der Waals surface area contributed by atoms with Crippen LogP contribution in [-0.4, -0.2) is 35.0 Å². The zero-order chi connectivity index (χ0) is 15.9. The van der Waals surface area contributed by atoms with Crippen LogP contribution in [0.15, 0.2) is 29.6 Å². The third kappa shape index (κ3) is 4.31. The van der Waals surface area contributed by atoms with E-state index in [4.69, 9.17) is 5.11 Å². The van der Waals surface area contributed by atoms with Crippen molar-refractivity contribution >= 4 is 33.3 Å². The Kier molecular flexibility index (Phi) is 5.95. The molecule has 4 nitrogen and oxygen atoms in total. The Morgan fingerprint density at radius 2 is 2.00 bits per heavy atom. The average molecular weight is 319 g/mol. The SMILES string of the molecule is CCN(CCC(=O)O)C(=O)CCCc1csc2ccccc12. The van der Waals surface area contributed by atoms with Gasteiger partial charge < -0.3 is 10.0 Å². The molecule has 1 N–H and O–H groups in total. The van der Waals surface area contributed by atoms with E-state index < -0.39 is 5.97 Å². The lowest BCUT2D eigenvalue weighted by molar-refractivity contribution is -0.138. The number of nitrogens with zero attached hydrogens (tertiary/aromatic N) is 1. The van der Waals surface area contributed by atoms with Crippen molar-refractivity contribution in [3.05, 3.63) is 35.2 Å². The lowest BCUT2D eigenvalue weighted by atomic mass is 10.1. The number of amides is 1. The van der Waals surface area contributed by atoms with E-state index in [1.807, 2.05) is 19.1 Å². The molecule has 2 aromatic rings. The van der Waals surface area contributed by atoms with Gasteiger partial charge in [-0.25, -0.2) is 0 Å². The zero-order valence-electron chi connectivity index (χ0n) is 12.7. The number of carboxylic acid groups (broad SMARTS) is 1. The van der Waals surface area contributed by atoms with Gasteiger partial charge in [-0.15, -0.1) is 11.3 Å². The number of carbonyl (C=O) groups is 2. The number of rotatable bonds is 8. The number of carbonyl (C=O) groups excluding carboxylic acids is 1. The summed E-state index contributed by atoms with van der Waals surface area (Å²) in [6, 6.07) is 8.30. The number of benzene rings is 1. The molecule has 0 saturated heterocycles. The van der Waals surface area contributed by atoms with Gasteiger partial charge in [0.15, 0.2) is 0 Å². The van der Waals surface area contributed by atoms with E-state index in [-0.39, 0.29) is 12.3 Å². The minimum Gasteiger partial charge on any atom is -0.481 e. The van der Waals surface area contributed by atoms with Crippen molar-refractivity contribution in [2.45, 2.75) is 32.6 Å². The number of carboxylic acids is 1. The molecule has 0 aliphatic heterocycles. The highest BCUT2D eigenvalue weighted by molar-refractivity contribution is 7.17. The van der Waals surface area contributed by atoms with E-state index in [1.54, 1.807) is 16.2 Å². The monoisotopic (exact) mass is 319 g/mol. The Balaban J connectivity index is 1.84. The number of hydrogen-bond acceptors (Lipinski definition) is 3. The summed E-state index contributed by atoms with van der Waals surface area (Å²) in [4.78, 5) is 24.3. The third-order valence-electron chi connectivity index (χ3n) is 3.73. The fraction of sp³-hybridized carbons (Fsp3) is 0.412. The lowest BCUT2D eigenvalue weighted by Crippen LogP contribution is -2.32. The summed E-state index contributed by atoms with van der Waals surface area (Å²) in [5.74, 6) is -0.820. The summed E-state index contributed by atoms with van der Waals surface area (Å²) in [5, 5.41) is 12.1. The highest BCUT2D eigenvalue weighted by Gasteiger charge is 2.13. The Labute approximate surface area is 134 Å². The van der Waals surface area contributed by atoms with Gasteiger partial charge in [0.1, 0.15) is 0 Å². The van der Waals surface area contributed by atoms with Crippen molar-refractivity contribution in [2.24, 2.45) is 0 Å². The summed E-state index contributed by atoms with van der Waals surface area (Å²) >= 11 is 1.73. The second-order valence-electron chi connectivity index (χ2n) is 5.23. The lowest BCUT2D eigenvalue weighted by Gasteiger charge is -2.19. The van der Waals surface area contributed by atoms with Crippen LogP contribution in [0, 0.1) is 0 Å². The maximum Gasteiger partial charge on any atom is 0.305 e. The minimum absolute atomic E-state index is 0.00868. The molecule has 0 bridgehead atoms. The van der Waals surface area contributed by atoms with Gasteiger partial charge in [0.05, 0.1) is 6.42 Å². The molecular weight excluding hydrogens is 298 g/mol. The molecule has 0 radical (unpaired) electrons. The van der Waals surface area contributed by atoms with E-state index in [0.29, 0.717) is 19.5 Å². The first kappa shape index (κ1) is 16.5. The molecule has 0 aliphatic rings. The molecule has 1 aromatic carbocycles. The number of hydrogen-bond donors (Lipinski definition) is 1. The van der Waals surface area contributed by atoms with Crippen LogP contribution in [0.4, 0.5) is 0 Å². The number of aliphatic carboxylic acids is 1. The van der Waals surface area contributed by atoms with Crippen LogP contribution >= 0.6 is 11.3 Å². The number of aryl methyl sites for hydroxylation is 1. The summed E-state index contributed by atoms with van der Waals surface area (Å²) in [6.45, 7) is 2.74. The molecule has 0 unspecified atom stereocenters. The zero-order valence-corrected chi connectivity index (χ0v) is 13.6. The van der Waals surface area contributed by atoms with Crippen molar-refractivity contribution in [1.82, 2.24) is 4.90 Å². The highest BCUT2D eigenvalue weighted by atomic mass is 32.1. The van der Waals surface area contributed by atoms with Crippen LogP contribution in [0.2, 0.25) is 0 Å². The standard InChI is InChI=1S/C17H21NO3S/c1-2-18(11-10-17(20)21)16(19)9-5-6-13-12-22-15-8-4-3-7-14(13)15/h3-4,7-8,12H,2,5-6,9-11H2,1H3,(H,20,21). The van der Waals surface area contributed by atoms with Gasteiger partial charge in [0.25, 0.3) is 0 Å². The fourth-order valence-electron chi connectivity index (χ4n) is 2.50. The first-order valence-electron chi connectivity index (χ1n) is 7.56. The molecule has 1 amide bonds. The van der Waals surface area contributed by atoms with Crippen LogP contribution in [0.25, 0.3) is 10.1 Å². The van der Waals surface area contributed by atoms with E-state index in [0.717, 1.165) is 12.8 Å². The summed E-state index contributed by atoms with van der Waals surface area (Å²) in [5.41, 5.74) is 1.29. The summed E-state index contributed by atoms with van der Waals surface area (Å²) in [6.07, 6.45) is 2.15. The molecule has 118 valence electrons. The Morgan fingerprint density at radius 1 is 1.23 bits per heavy atom. The normalized spacial score (nSPS) is 10.8. The first-order chi connectivity index (χ1) is 10.6. The minimum atomic E-state index is -0.865. The van der Waals surface area contributed by atoms with E-state index in [2.05, 4.69) is 17.5 Å². The van der Waals surface area contributed by atoms with Crippen LogP contribution in [0.1, 0.15) is 31.7 Å². The van der Waals surface area contributed by atoms with Gasteiger partial charge in [-0.1, -0.05) is 18.2 Å². The molecule has 1 aromatic heterocycles. The fourth-order valence-corrected chi connectivity index (χ4v) is 3.50. The highest BCUT2D eigenvalue weighted by Crippen LogP contribution is 2.26. The Hall–Kier alpha value is -1.88. The molecule has 2 rings (SSSR count). The van der Waals surface area contributed by atoms with Gasteiger partial charge in [0, 0.05) is 24.2 Å². The largest absolute Gasteiger partial charge is 0.481 e. The van der Waals surface area contributed by atoms with Gasteiger partial charge in [0.2, 0.25) is 5.91 Å². The molecule has 0 spiro atoms. The predicted octanol–water partition coefficient (Wildman–Crippen LogP) is 3.55. The molecule has 0 atom stereocenters. The van der Waals surface area contributed by atoms with Crippen molar-refractivity contribution < 1.29 is 14.7 Å². The van der Waals surface area contributed by atoms with Gasteiger partial charge in [-0.2, -0.15) is 0 Å². The Bertz CT molecular complexity index is 650. The van der Waals surface area contributed by atoms with Gasteiger partial charge in [-0.05, 0) is 42.2 Å². The second kappa shape index (κ2) is 7.94. The van der Waals surface area contributed by atoms with Crippen LogP contribution in [0.5, 0.6) is 0 Å². The van der Waals surface area contributed by atoms with E-state index in [9.17, 15) is 9.59 Å². The molecular formula is C17H21NO3S. The summed E-state index contributed by atoms with van der Waals surface area (Å²) in [7, 11) is 0. The molecule has 0 fully saturated rings. The van der Waals surface area contributed by atoms with E-state index in [1.165, 1.54) is 15.6 Å². The Morgan fingerprint density at radius 3 is 2.73 bits per heavy atom. The van der Waals surface area contributed by atoms with Gasteiger partial charge in [-0.3, -0.25) is 9.59 Å². The third-order valence-corrected chi connectivity index (χ3v) is 4.74. The number of fused-ring (bicyclic) bond motifs is 1. The average Bonchev–Trinajstić information content (AvgIpc) is 2.91. The van der Waals surface area contributed by atoms with Gasteiger partial charge >= 0.3 is 5.97 Å². The first-order valence-corrected chi connectivity index (χ1v) is 8.44. The molecule has 0 saturated carbocycles. The molecule has 5 heteroatoms. The smallest absolute Gasteiger partial charge is 0.305 e. The van der Waals surface area contributed by atoms with Crippen molar-refractivity contribution in [3.8, 4) is 0 Å². The molecule has 1 heterocycles. The van der Waals surface area contributed by atoms with Crippen LogP contribution in [0.3, 0.4) is 0 Å². The van der Waals surface area contributed by atoms with Crippen molar-refractivity contribution in [2.75, 3.05) is 13.1 Å². The summed E-state index contributed by atoms with van der Waals surface area (Å²) < 4.78 is 1.28. The molecule has 0 aliphatic carbocycles. The van der Waals surface area contributed by atoms with E-state index >= 15 is 0 Å². The predicted molar refractivity (Wildman–Crippen MR) is 89.3 cm³/mol. The topological polar surface area (TPSA) is 57.6 Å². The second-order valence-corrected chi connectivity index (χ2v) is 6.14. The maximum absolute atomic E-state index is 12.1. The number of thiophene rings is 1. The van der Waals surface area contributed by atoms with Crippen LogP contribution < -0.4 is 0 Å². The quantitative estimate of drug-likeness (QED) is 0.809. The molecule has 22 heavy (non-hydrogen) atoms. The van der Waals surface area contributed by atoms with Crippen molar-refractivity contribution in [3.63, 3.8) is 0 Å². The maximum atomic E-state index is 12.1. The van der Waals surface area contributed by atoms with Crippen molar-refractivity contribution in [1.29, 1.82) is 0 Å². The van der Waals surface area contributed by atoms with Crippen LogP contribution in [-0.2, 0) is 16.0 Å².